The van der Waals surface area contributed by atoms with Gasteiger partial charge in [-0.25, -0.2) is 13.1 Å². The molecule has 0 saturated heterocycles. The Morgan fingerprint density at radius 2 is 1.68 bits per heavy atom. The van der Waals surface area contributed by atoms with Gasteiger partial charge in [-0.1, -0.05) is 29.8 Å². The van der Waals surface area contributed by atoms with Crippen molar-refractivity contribution in [2.24, 2.45) is 0 Å². The zero-order chi connectivity index (χ0) is 20.9. The molecule has 0 fully saturated rings. The van der Waals surface area contributed by atoms with E-state index < -0.39 is 10.0 Å². The van der Waals surface area contributed by atoms with Crippen LogP contribution in [0.5, 0.6) is 0 Å². The lowest BCUT2D eigenvalue weighted by Gasteiger charge is -2.18. The molecule has 6 nitrogen and oxygen atoms in total. The van der Waals surface area contributed by atoms with Crippen LogP contribution in [0.1, 0.15) is 34.2 Å². The average Bonchev–Trinajstić information content (AvgIpc) is 2.60. The summed E-state index contributed by atoms with van der Waals surface area (Å²) in [5.74, 6) is -0.163. The number of carbonyl (C=O) groups is 1. The van der Waals surface area contributed by atoms with Crippen LogP contribution in [-0.2, 0) is 21.4 Å². The third-order valence-corrected chi connectivity index (χ3v) is 6.20. The minimum Gasteiger partial charge on any atom is -0.341 e. The number of nitrogens with zero attached hydrogens (tertiary/aromatic N) is 2. The van der Waals surface area contributed by atoms with Crippen LogP contribution in [0.3, 0.4) is 0 Å². The van der Waals surface area contributed by atoms with Crippen LogP contribution in [0.4, 0.5) is 0 Å². The summed E-state index contributed by atoms with van der Waals surface area (Å²) in [5.41, 5.74) is 3.85. The van der Waals surface area contributed by atoms with Crippen LogP contribution < -0.4 is 4.72 Å². The Morgan fingerprint density at radius 3 is 2.21 bits per heavy atom. The molecule has 2 rings (SSSR count). The van der Waals surface area contributed by atoms with Crippen LogP contribution in [0.2, 0.25) is 0 Å². The smallest absolute Gasteiger partial charge is 0.241 e. The molecule has 0 atom stereocenters. The zero-order valence-corrected chi connectivity index (χ0v) is 17.4. The van der Waals surface area contributed by atoms with Crippen molar-refractivity contribution in [3.63, 3.8) is 0 Å². The van der Waals surface area contributed by atoms with Gasteiger partial charge in [0.15, 0.2) is 0 Å². The number of benzene rings is 2. The number of hydrogen-bond donors (Lipinski definition) is 1. The molecule has 0 radical (unpaired) electrons. The molecule has 0 aromatic heterocycles. The number of carbonyl (C=O) groups excluding carboxylic acids is 1. The summed E-state index contributed by atoms with van der Waals surface area (Å²) in [6.07, 6.45) is 0.0654. The van der Waals surface area contributed by atoms with E-state index in [1.165, 1.54) is 4.90 Å². The molecule has 0 aliphatic rings. The van der Waals surface area contributed by atoms with E-state index in [-0.39, 0.29) is 23.8 Å². The average molecular weight is 400 g/mol. The molecule has 0 bridgehead atoms. The summed E-state index contributed by atoms with van der Waals surface area (Å²) in [6, 6.07) is 12.7. The van der Waals surface area contributed by atoms with E-state index in [2.05, 4.69) is 10.8 Å². The van der Waals surface area contributed by atoms with Gasteiger partial charge >= 0.3 is 0 Å². The first kappa shape index (κ1) is 21.6. The predicted molar refractivity (Wildman–Crippen MR) is 108 cm³/mol. The van der Waals surface area contributed by atoms with E-state index in [9.17, 15) is 13.2 Å². The standard InChI is InChI=1S/C21H25N3O3S/c1-15-11-16(2)21(17(3)12-15)28(26,27)23-10-9-20(25)24(4)14-19-7-5-18(13-22)6-8-19/h5-8,11-12,23H,9-10,14H2,1-4H3. The van der Waals surface area contributed by atoms with E-state index in [1.54, 1.807) is 45.2 Å². The summed E-state index contributed by atoms with van der Waals surface area (Å²) in [4.78, 5) is 14.1. The SMILES string of the molecule is Cc1cc(C)c(S(=O)(=O)NCCC(=O)N(C)Cc2ccc(C#N)cc2)c(C)c1. The number of nitriles is 1. The number of amides is 1. The molecule has 0 aliphatic heterocycles. The lowest BCUT2D eigenvalue weighted by molar-refractivity contribution is -0.130. The second-order valence-electron chi connectivity index (χ2n) is 6.93. The summed E-state index contributed by atoms with van der Waals surface area (Å²) in [7, 11) is -2.01. The third kappa shape index (κ3) is 5.41. The number of hydrogen-bond acceptors (Lipinski definition) is 4. The molecule has 1 N–H and O–H groups in total. The van der Waals surface area contributed by atoms with Crippen molar-refractivity contribution in [1.29, 1.82) is 5.26 Å². The van der Waals surface area contributed by atoms with Gasteiger partial charge in [-0.3, -0.25) is 4.79 Å². The lowest BCUT2D eigenvalue weighted by atomic mass is 10.1. The first-order valence-electron chi connectivity index (χ1n) is 8.94. The first-order valence-corrected chi connectivity index (χ1v) is 10.4. The molecular weight excluding hydrogens is 374 g/mol. The molecule has 0 spiro atoms. The number of rotatable bonds is 7. The van der Waals surface area contributed by atoms with Crippen molar-refractivity contribution >= 4 is 15.9 Å². The monoisotopic (exact) mass is 399 g/mol. The highest BCUT2D eigenvalue weighted by atomic mass is 32.2. The fourth-order valence-electron chi connectivity index (χ4n) is 3.19. The van der Waals surface area contributed by atoms with E-state index in [0.29, 0.717) is 23.2 Å². The molecule has 148 valence electrons. The van der Waals surface area contributed by atoms with Crippen molar-refractivity contribution in [2.75, 3.05) is 13.6 Å². The van der Waals surface area contributed by atoms with Crippen molar-refractivity contribution < 1.29 is 13.2 Å². The molecule has 0 saturated carbocycles. The maximum Gasteiger partial charge on any atom is 0.241 e. The van der Waals surface area contributed by atoms with Gasteiger partial charge in [0.05, 0.1) is 16.5 Å². The van der Waals surface area contributed by atoms with E-state index in [4.69, 9.17) is 5.26 Å². The van der Waals surface area contributed by atoms with Crippen molar-refractivity contribution in [2.45, 2.75) is 38.6 Å². The number of aryl methyl sites for hydroxylation is 3. The van der Waals surface area contributed by atoms with Crippen LogP contribution in [0, 0.1) is 32.1 Å². The number of nitrogens with one attached hydrogen (secondary N) is 1. The summed E-state index contributed by atoms with van der Waals surface area (Å²) < 4.78 is 27.8. The van der Waals surface area contributed by atoms with Gasteiger partial charge in [0.1, 0.15) is 0 Å². The summed E-state index contributed by atoms with van der Waals surface area (Å²) >= 11 is 0. The third-order valence-electron chi connectivity index (χ3n) is 4.43. The Hall–Kier alpha value is -2.69. The molecule has 0 unspecified atom stereocenters. The normalized spacial score (nSPS) is 11.1. The molecule has 7 heteroatoms. The van der Waals surface area contributed by atoms with Crippen molar-refractivity contribution in [3.8, 4) is 6.07 Å². The molecule has 1 amide bonds. The minimum absolute atomic E-state index is 0.0334. The molecule has 2 aromatic rings. The van der Waals surface area contributed by atoms with E-state index >= 15 is 0 Å². The van der Waals surface area contributed by atoms with Crippen LogP contribution in [0.25, 0.3) is 0 Å². The van der Waals surface area contributed by atoms with Gasteiger partial charge in [-0.2, -0.15) is 5.26 Å². The van der Waals surface area contributed by atoms with Crippen LogP contribution >= 0.6 is 0 Å². The molecule has 28 heavy (non-hydrogen) atoms. The lowest BCUT2D eigenvalue weighted by Crippen LogP contribution is -2.32. The zero-order valence-electron chi connectivity index (χ0n) is 16.6. The van der Waals surface area contributed by atoms with Crippen LogP contribution in [0.15, 0.2) is 41.3 Å². The van der Waals surface area contributed by atoms with Crippen LogP contribution in [-0.4, -0.2) is 32.8 Å². The fourth-order valence-corrected chi connectivity index (χ4v) is 4.67. The maximum absolute atomic E-state index is 12.6. The molecular formula is C21H25N3O3S. The van der Waals surface area contributed by atoms with Gasteiger partial charge in [-0.05, 0) is 49.6 Å². The second-order valence-corrected chi connectivity index (χ2v) is 8.64. The summed E-state index contributed by atoms with van der Waals surface area (Å²) in [5, 5.41) is 8.82. The first-order chi connectivity index (χ1) is 13.1. The highest BCUT2D eigenvalue weighted by Crippen LogP contribution is 2.21. The largest absolute Gasteiger partial charge is 0.341 e. The van der Waals surface area contributed by atoms with Crippen molar-refractivity contribution in [3.05, 3.63) is 64.2 Å². The van der Waals surface area contributed by atoms with Gasteiger partial charge in [-0.15, -0.1) is 0 Å². The molecule has 0 heterocycles. The Labute approximate surface area is 166 Å². The molecule has 2 aromatic carbocycles. The fraction of sp³-hybridized carbons (Fsp3) is 0.333. The van der Waals surface area contributed by atoms with Gasteiger partial charge < -0.3 is 4.90 Å². The Bertz CT molecular complexity index is 983. The highest BCUT2D eigenvalue weighted by Gasteiger charge is 2.20. The maximum atomic E-state index is 12.6. The van der Waals surface area contributed by atoms with Crippen molar-refractivity contribution in [1.82, 2.24) is 9.62 Å². The van der Waals surface area contributed by atoms with Gasteiger partial charge in [0.2, 0.25) is 15.9 Å². The minimum atomic E-state index is -3.68. The topological polar surface area (TPSA) is 90.3 Å². The van der Waals surface area contributed by atoms with Gasteiger partial charge in [0.25, 0.3) is 0 Å². The number of sulfonamides is 1. The Balaban J connectivity index is 1.94. The van der Waals surface area contributed by atoms with E-state index in [0.717, 1.165) is 11.1 Å². The summed E-state index contributed by atoms with van der Waals surface area (Å²) in [6.45, 7) is 5.89. The quantitative estimate of drug-likeness (QED) is 0.775. The van der Waals surface area contributed by atoms with Gasteiger partial charge in [0, 0.05) is 26.6 Å². The predicted octanol–water partition coefficient (Wildman–Crippen LogP) is 2.81. The van der Waals surface area contributed by atoms with E-state index in [1.807, 2.05) is 19.1 Å². The highest BCUT2D eigenvalue weighted by molar-refractivity contribution is 7.89. The molecule has 0 aliphatic carbocycles. The Morgan fingerprint density at radius 1 is 1.11 bits per heavy atom. The second kappa shape index (κ2) is 9.00. The Kier molecular flexibility index (Phi) is 6.95.